The van der Waals surface area contributed by atoms with Gasteiger partial charge in [-0.25, -0.2) is 4.79 Å². The molecular formula is C35H57N7O14. The van der Waals surface area contributed by atoms with E-state index < -0.39 is 109 Å². The monoisotopic (exact) mass is 799 g/mol. The van der Waals surface area contributed by atoms with Crippen LogP contribution in [0.25, 0.3) is 0 Å². The SMILES string of the molecule is C=CCOC(=O)C(CCC(C)=O)NC(=O)C(COC)NC(=O)CNC(=O)C(CC(=O)OC)NC(=O)C(C)NC(=O)C(CC(=O)OC)NC(=O)C(C)CCCNC. The van der Waals surface area contributed by atoms with Crippen LogP contribution in [0.3, 0.4) is 0 Å². The molecule has 0 bridgehead atoms. The van der Waals surface area contributed by atoms with E-state index in [1.807, 2.05) is 0 Å². The van der Waals surface area contributed by atoms with E-state index in [9.17, 15) is 47.9 Å². The Labute approximate surface area is 325 Å². The van der Waals surface area contributed by atoms with Crippen LogP contribution in [-0.2, 0) is 66.9 Å². The highest BCUT2D eigenvalue weighted by molar-refractivity contribution is 5.97. The standard InChI is InChI=1S/C35H57N7O14/c1-9-15-56-35(52)23(13-12-21(3)43)40-34(51)26(19-53-6)39-27(44)18-37-32(49)24(16-28(45)54-7)42-31(48)22(4)38-33(50)25(17-29(46)55-8)41-30(47)20(2)11-10-14-36-5/h9,20,22-26,36H,1,10-19H2,2-8H3,(H,37,49)(H,38,50)(H,39,44)(H,40,51)(H,41,47)(H,42,48). The van der Waals surface area contributed by atoms with E-state index in [2.05, 4.69) is 53.3 Å². The van der Waals surface area contributed by atoms with E-state index in [1.165, 1.54) is 27.0 Å². The first-order valence-electron chi connectivity index (χ1n) is 17.8. The van der Waals surface area contributed by atoms with Crippen molar-refractivity contribution in [3.63, 3.8) is 0 Å². The van der Waals surface area contributed by atoms with Gasteiger partial charge in [0.05, 0.1) is 40.2 Å². The van der Waals surface area contributed by atoms with Crippen LogP contribution in [0, 0.1) is 5.92 Å². The second-order valence-electron chi connectivity index (χ2n) is 12.6. The Morgan fingerprint density at radius 1 is 0.679 bits per heavy atom. The second-order valence-corrected chi connectivity index (χ2v) is 12.6. The highest BCUT2D eigenvalue weighted by Crippen LogP contribution is 2.08. The number of carbonyl (C=O) groups excluding carboxylic acids is 10. The van der Waals surface area contributed by atoms with Gasteiger partial charge in [0.15, 0.2) is 0 Å². The number of nitrogens with one attached hydrogen (secondary N) is 7. The maximum Gasteiger partial charge on any atom is 0.328 e. The molecule has 0 aliphatic rings. The molecule has 0 saturated carbocycles. The van der Waals surface area contributed by atoms with Gasteiger partial charge in [0, 0.05) is 19.4 Å². The topological polar surface area (TPSA) is 292 Å². The van der Waals surface area contributed by atoms with E-state index in [0.717, 1.165) is 14.2 Å². The molecule has 0 rings (SSSR count). The minimum atomic E-state index is -1.62. The van der Waals surface area contributed by atoms with E-state index in [4.69, 9.17) is 9.47 Å². The fraction of sp³-hybridized carbons (Fsp3) is 0.657. The van der Waals surface area contributed by atoms with E-state index in [1.54, 1.807) is 14.0 Å². The van der Waals surface area contributed by atoms with Crippen molar-refractivity contribution in [1.82, 2.24) is 37.2 Å². The van der Waals surface area contributed by atoms with Gasteiger partial charge in [0.25, 0.3) is 0 Å². The molecule has 0 radical (unpaired) electrons. The molecule has 21 heteroatoms. The van der Waals surface area contributed by atoms with Crippen LogP contribution in [0.4, 0.5) is 0 Å². The van der Waals surface area contributed by atoms with Crippen molar-refractivity contribution in [1.29, 1.82) is 0 Å². The lowest BCUT2D eigenvalue weighted by Gasteiger charge is -2.24. The van der Waals surface area contributed by atoms with Crippen LogP contribution in [0.15, 0.2) is 12.7 Å². The zero-order chi connectivity index (χ0) is 42.8. The molecule has 316 valence electrons. The fourth-order valence-corrected chi connectivity index (χ4v) is 4.62. The maximum atomic E-state index is 13.1. The van der Waals surface area contributed by atoms with Crippen molar-refractivity contribution >= 4 is 59.1 Å². The predicted octanol–water partition coefficient (Wildman–Crippen LogP) is -2.95. The van der Waals surface area contributed by atoms with Crippen molar-refractivity contribution in [2.45, 2.75) is 89.5 Å². The molecular weight excluding hydrogens is 742 g/mol. The minimum absolute atomic E-state index is 0.0546. The average Bonchev–Trinajstić information content (AvgIpc) is 3.16. The Balaban J connectivity index is 5.68. The lowest BCUT2D eigenvalue weighted by Crippen LogP contribution is -2.57. The van der Waals surface area contributed by atoms with Gasteiger partial charge in [-0.1, -0.05) is 19.6 Å². The summed E-state index contributed by atoms with van der Waals surface area (Å²) >= 11 is 0. The Hall–Kier alpha value is -5.44. The zero-order valence-corrected chi connectivity index (χ0v) is 33.0. The number of hydrogen-bond acceptors (Lipinski definition) is 15. The summed E-state index contributed by atoms with van der Waals surface area (Å²) in [6.07, 6.45) is 1.10. The van der Waals surface area contributed by atoms with Gasteiger partial charge in [-0.2, -0.15) is 0 Å². The number of amides is 6. The molecule has 0 saturated heterocycles. The molecule has 0 aromatic carbocycles. The number of carbonyl (C=O) groups is 10. The third kappa shape index (κ3) is 20.9. The molecule has 0 aliphatic heterocycles. The predicted molar refractivity (Wildman–Crippen MR) is 197 cm³/mol. The van der Waals surface area contributed by atoms with Crippen molar-refractivity contribution in [2.75, 3.05) is 54.7 Å². The van der Waals surface area contributed by atoms with Crippen molar-refractivity contribution in [3.05, 3.63) is 12.7 Å². The van der Waals surface area contributed by atoms with Gasteiger partial charge in [-0.15, -0.1) is 0 Å². The van der Waals surface area contributed by atoms with E-state index in [0.29, 0.717) is 19.4 Å². The summed E-state index contributed by atoms with van der Waals surface area (Å²) in [6.45, 7) is 7.03. The molecule has 6 atom stereocenters. The maximum absolute atomic E-state index is 13.1. The van der Waals surface area contributed by atoms with Gasteiger partial charge in [-0.3, -0.25) is 38.4 Å². The second kappa shape index (κ2) is 28.0. The van der Waals surface area contributed by atoms with E-state index in [-0.39, 0.29) is 31.8 Å². The number of Topliss-reactive ketones (excluding diaryl/α,β-unsaturated/α-hetero) is 1. The number of hydrogen-bond donors (Lipinski definition) is 7. The zero-order valence-electron chi connectivity index (χ0n) is 33.0. The van der Waals surface area contributed by atoms with Crippen molar-refractivity contribution in [2.24, 2.45) is 5.92 Å². The smallest absolute Gasteiger partial charge is 0.328 e. The summed E-state index contributed by atoms with van der Waals surface area (Å²) < 4.78 is 19.2. The quantitative estimate of drug-likeness (QED) is 0.0180. The Morgan fingerprint density at radius 2 is 1.23 bits per heavy atom. The summed E-state index contributed by atoms with van der Waals surface area (Å²) in [6, 6.07) is -7.01. The Morgan fingerprint density at radius 3 is 1.77 bits per heavy atom. The Bertz CT molecular complexity index is 1390. The molecule has 0 aromatic rings. The summed E-state index contributed by atoms with van der Waals surface area (Å²) in [5.41, 5.74) is 0. The largest absolute Gasteiger partial charge is 0.469 e. The third-order valence-electron chi connectivity index (χ3n) is 7.86. The van der Waals surface area contributed by atoms with Crippen LogP contribution in [0.1, 0.15) is 59.3 Å². The fourth-order valence-electron chi connectivity index (χ4n) is 4.62. The number of ether oxygens (including phenoxy) is 4. The highest BCUT2D eigenvalue weighted by atomic mass is 16.5. The van der Waals surface area contributed by atoms with Crippen LogP contribution >= 0.6 is 0 Å². The average molecular weight is 800 g/mol. The third-order valence-corrected chi connectivity index (χ3v) is 7.86. The van der Waals surface area contributed by atoms with Gasteiger partial charge in [0.2, 0.25) is 35.4 Å². The number of ketones is 1. The van der Waals surface area contributed by atoms with Crippen LogP contribution in [0.5, 0.6) is 0 Å². The molecule has 21 nitrogen and oxygen atoms in total. The van der Waals surface area contributed by atoms with Gasteiger partial charge in [0.1, 0.15) is 42.6 Å². The molecule has 0 aromatic heterocycles. The molecule has 7 N–H and O–H groups in total. The lowest BCUT2D eigenvalue weighted by molar-refractivity contribution is -0.147. The molecule has 0 fully saturated rings. The summed E-state index contributed by atoms with van der Waals surface area (Å²) in [7, 11) is 5.14. The van der Waals surface area contributed by atoms with Crippen molar-refractivity contribution < 1.29 is 66.9 Å². The number of rotatable bonds is 28. The molecule has 6 amide bonds. The van der Waals surface area contributed by atoms with Crippen molar-refractivity contribution in [3.8, 4) is 0 Å². The highest BCUT2D eigenvalue weighted by Gasteiger charge is 2.32. The van der Waals surface area contributed by atoms with Crippen LogP contribution in [0.2, 0.25) is 0 Å². The number of esters is 3. The van der Waals surface area contributed by atoms with Gasteiger partial charge in [-0.05, 0) is 46.7 Å². The number of methoxy groups -OCH3 is 3. The molecule has 56 heavy (non-hydrogen) atoms. The Kier molecular flexibility index (Phi) is 25.3. The summed E-state index contributed by atoms with van der Waals surface area (Å²) in [5, 5.41) is 17.1. The summed E-state index contributed by atoms with van der Waals surface area (Å²) in [5.74, 6) is -8.49. The molecule has 0 aliphatic carbocycles. The molecule has 0 heterocycles. The van der Waals surface area contributed by atoms with Crippen LogP contribution < -0.4 is 37.2 Å². The minimum Gasteiger partial charge on any atom is -0.469 e. The first-order chi connectivity index (χ1) is 26.4. The normalized spacial score (nSPS) is 13.8. The van der Waals surface area contributed by atoms with Gasteiger partial charge >= 0.3 is 17.9 Å². The first-order valence-corrected chi connectivity index (χ1v) is 17.8. The van der Waals surface area contributed by atoms with Gasteiger partial charge < -0.3 is 61.0 Å². The van der Waals surface area contributed by atoms with Crippen LogP contribution in [-0.4, -0.2) is 144 Å². The molecule has 6 unspecified atom stereocenters. The molecule has 0 spiro atoms. The first kappa shape index (κ1) is 50.6. The summed E-state index contributed by atoms with van der Waals surface area (Å²) in [4.78, 5) is 126. The lowest BCUT2D eigenvalue weighted by atomic mass is 10.0. The van der Waals surface area contributed by atoms with E-state index >= 15 is 0 Å².